The highest BCUT2D eigenvalue weighted by atomic mass is 31.1. The Balaban J connectivity index is 3.11. The first-order valence-electron chi connectivity index (χ1n) is 9.10. The van der Waals surface area contributed by atoms with Crippen molar-refractivity contribution in [2.75, 3.05) is 0 Å². The topological polar surface area (TPSA) is 24.7 Å². The third kappa shape index (κ3) is 6.06. The zero-order valence-electron chi connectivity index (χ0n) is 18.1. The van der Waals surface area contributed by atoms with Gasteiger partial charge in [-0.2, -0.15) is 0 Å². The Morgan fingerprint density at radius 1 is 0.542 bits per heavy atom. The molecule has 0 saturated heterocycles. The standard InChI is InChI=1S/C16H40N2P2Si4/c1-21(2,3)15(22(4,5)6)19-13-17-20(18-14-19)16(23(7,8)9)24(10,11)12/h13-16H,1-12H3. The molecule has 0 spiro atoms. The maximum Gasteiger partial charge on any atom is 0.133 e. The lowest BCUT2D eigenvalue weighted by atomic mass is 11.6. The molecule has 1 heterocycles. The van der Waals surface area contributed by atoms with Gasteiger partial charge in [0.25, 0.3) is 0 Å². The summed E-state index contributed by atoms with van der Waals surface area (Å²) < 4.78 is 10.4. The van der Waals surface area contributed by atoms with Crippen molar-refractivity contribution in [1.29, 1.82) is 0 Å². The molecule has 8 heteroatoms. The Hall–Kier alpha value is 1.07. The van der Waals surface area contributed by atoms with Gasteiger partial charge < -0.3 is 0 Å². The zero-order chi connectivity index (χ0) is 19.1. The summed E-state index contributed by atoms with van der Waals surface area (Å²) in [6.07, 6.45) is 0. The Bertz CT molecular complexity index is 410. The maximum absolute atomic E-state index is 5.18. The van der Waals surface area contributed by atoms with Crippen molar-refractivity contribution in [3.05, 3.63) is 0 Å². The summed E-state index contributed by atoms with van der Waals surface area (Å²) in [5.74, 6) is 4.81. The molecule has 0 bridgehead atoms. The Kier molecular flexibility index (Phi) is 7.31. The van der Waals surface area contributed by atoms with E-state index >= 15 is 0 Å². The quantitative estimate of drug-likeness (QED) is 0.315. The summed E-state index contributed by atoms with van der Waals surface area (Å²) in [4.78, 5) is 1.68. The fourth-order valence-corrected chi connectivity index (χ4v) is 42.3. The number of nitrogens with zero attached hydrogens (tertiary/aromatic N) is 2. The molecule has 1 aliphatic heterocycles. The highest BCUT2D eigenvalue weighted by Crippen LogP contribution is 2.58. The zero-order valence-corrected chi connectivity index (χ0v) is 23.9. The van der Waals surface area contributed by atoms with Crippen LogP contribution in [-0.4, -0.2) is 54.0 Å². The molecular weight excluding hydrogens is 394 g/mol. The van der Waals surface area contributed by atoms with Crippen molar-refractivity contribution >= 4 is 60.4 Å². The highest BCUT2D eigenvalue weighted by Gasteiger charge is 2.46. The number of hydrogen-bond acceptors (Lipinski definition) is 2. The van der Waals surface area contributed by atoms with E-state index in [0.717, 1.165) is 9.81 Å². The van der Waals surface area contributed by atoms with Gasteiger partial charge in [-0.1, -0.05) is 78.6 Å². The van der Waals surface area contributed by atoms with Gasteiger partial charge >= 0.3 is 0 Å². The Morgan fingerprint density at radius 2 is 0.833 bits per heavy atom. The van der Waals surface area contributed by atoms with E-state index in [-0.39, 0.29) is 7.92 Å². The second kappa shape index (κ2) is 7.59. The minimum Gasteiger partial charge on any atom is -0.245 e. The average molecular weight is 435 g/mol. The SMILES string of the molecule is C[Si](C)(C)C(P1C=NP(C([Si](C)(C)C)[Si](C)(C)C)N=C1)[Si](C)(C)C. The number of rotatable bonds is 6. The molecule has 0 saturated carbocycles. The molecule has 0 unspecified atom stereocenters. The van der Waals surface area contributed by atoms with E-state index < -0.39 is 40.5 Å². The summed E-state index contributed by atoms with van der Waals surface area (Å²) in [5, 5.41) is 0. The van der Waals surface area contributed by atoms with E-state index in [1.54, 1.807) is 0 Å². The summed E-state index contributed by atoms with van der Waals surface area (Å²) >= 11 is 0. The van der Waals surface area contributed by atoms with E-state index in [1.165, 1.54) is 0 Å². The Labute approximate surface area is 158 Å². The van der Waals surface area contributed by atoms with E-state index in [9.17, 15) is 0 Å². The highest BCUT2D eigenvalue weighted by molar-refractivity contribution is 7.91. The summed E-state index contributed by atoms with van der Waals surface area (Å²) in [5.41, 5.74) is 0. The first-order chi connectivity index (χ1) is 10.5. The molecule has 0 radical (unpaired) electrons. The monoisotopic (exact) mass is 434 g/mol. The third-order valence-corrected chi connectivity index (χ3v) is 36.7. The smallest absolute Gasteiger partial charge is 0.133 e. The molecule has 2 nitrogen and oxygen atoms in total. The minimum atomic E-state index is -1.24. The van der Waals surface area contributed by atoms with E-state index in [1.807, 2.05) is 0 Å². The molecule has 0 fully saturated rings. The molecule has 0 atom stereocenters. The van der Waals surface area contributed by atoms with Crippen LogP contribution in [0.2, 0.25) is 78.6 Å². The lowest BCUT2D eigenvalue weighted by Gasteiger charge is -2.44. The van der Waals surface area contributed by atoms with Gasteiger partial charge in [0.2, 0.25) is 0 Å². The van der Waals surface area contributed by atoms with Gasteiger partial charge in [-0.3, -0.25) is 0 Å². The molecule has 0 amide bonds. The average Bonchev–Trinajstić information content (AvgIpc) is 2.23. The van der Waals surface area contributed by atoms with Crippen LogP contribution in [0.4, 0.5) is 0 Å². The van der Waals surface area contributed by atoms with Crippen molar-refractivity contribution in [3.8, 4) is 0 Å². The van der Waals surface area contributed by atoms with Crippen LogP contribution in [0.1, 0.15) is 0 Å². The normalized spacial score (nSPS) is 23.4. The van der Waals surface area contributed by atoms with Crippen LogP contribution in [0, 0.1) is 0 Å². The molecular formula is C16H40N2P2Si4. The van der Waals surface area contributed by atoms with E-state index in [4.69, 9.17) is 9.53 Å². The van der Waals surface area contributed by atoms with Crippen LogP contribution in [0.5, 0.6) is 0 Å². The van der Waals surface area contributed by atoms with Crippen LogP contribution in [0.15, 0.2) is 9.53 Å². The van der Waals surface area contributed by atoms with Crippen LogP contribution >= 0.6 is 16.1 Å². The van der Waals surface area contributed by atoms with Crippen LogP contribution in [0.3, 0.4) is 0 Å². The van der Waals surface area contributed by atoms with Crippen molar-refractivity contribution in [1.82, 2.24) is 0 Å². The molecule has 140 valence electrons. The fraction of sp³-hybridized carbons (Fsp3) is 0.875. The maximum atomic E-state index is 5.18. The first-order valence-corrected chi connectivity index (χ1v) is 26.3. The molecule has 0 aromatic carbocycles. The first kappa shape index (κ1) is 23.1. The summed E-state index contributed by atoms with van der Waals surface area (Å²) in [7, 11) is -5.66. The fourth-order valence-electron chi connectivity index (χ4n) is 4.74. The van der Waals surface area contributed by atoms with Crippen LogP contribution < -0.4 is 0 Å². The summed E-state index contributed by atoms with van der Waals surface area (Å²) in [6.45, 7) is 30.4. The summed E-state index contributed by atoms with van der Waals surface area (Å²) in [6, 6.07) is 0. The van der Waals surface area contributed by atoms with E-state index in [0.29, 0.717) is 0 Å². The second-order valence-corrected chi connectivity index (χ2v) is 39.3. The lowest BCUT2D eigenvalue weighted by molar-refractivity contribution is 1.41. The molecule has 0 aliphatic carbocycles. The number of hydrogen-bond donors (Lipinski definition) is 0. The van der Waals surface area contributed by atoms with Crippen LogP contribution in [0.25, 0.3) is 0 Å². The second-order valence-electron chi connectivity index (χ2n) is 11.5. The van der Waals surface area contributed by atoms with Gasteiger partial charge in [0.1, 0.15) is 8.22 Å². The lowest BCUT2D eigenvalue weighted by Crippen LogP contribution is -2.53. The van der Waals surface area contributed by atoms with Crippen molar-refractivity contribution in [3.63, 3.8) is 0 Å². The van der Waals surface area contributed by atoms with Crippen molar-refractivity contribution in [2.24, 2.45) is 9.53 Å². The largest absolute Gasteiger partial charge is 0.245 e. The van der Waals surface area contributed by atoms with E-state index in [2.05, 4.69) is 90.5 Å². The predicted octanol–water partition coefficient (Wildman–Crippen LogP) is 7.10. The van der Waals surface area contributed by atoms with Gasteiger partial charge in [0, 0.05) is 33.0 Å². The van der Waals surface area contributed by atoms with Gasteiger partial charge in [-0.15, -0.1) is 0 Å². The van der Waals surface area contributed by atoms with Crippen molar-refractivity contribution < 1.29 is 0 Å². The molecule has 0 aromatic heterocycles. The van der Waals surface area contributed by atoms with Gasteiger partial charge in [-0.25, -0.2) is 9.53 Å². The Morgan fingerprint density at radius 3 is 1.08 bits per heavy atom. The molecule has 0 aromatic rings. The minimum absolute atomic E-state index is 0.247. The molecule has 24 heavy (non-hydrogen) atoms. The van der Waals surface area contributed by atoms with Crippen molar-refractivity contribution in [2.45, 2.75) is 88.4 Å². The molecule has 0 N–H and O–H groups in total. The molecule has 1 rings (SSSR count). The third-order valence-electron chi connectivity index (χ3n) is 4.42. The molecule has 1 aliphatic rings. The van der Waals surface area contributed by atoms with Gasteiger partial charge in [0.05, 0.1) is 16.1 Å². The van der Waals surface area contributed by atoms with Gasteiger partial charge in [0.15, 0.2) is 0 Å². The van der Waals surface area contributed by atoms with Gasteiger partial charge in [-0.05, 0) is 12.8 Å². The predicted molar refractivity (Wildman–Crippen MR) is 132 cm³/mol. The van der Waals surface area contributed by atoms with Crippen LogP contribution in [-0.2, 0) is 0 Å².